The number of benzene rings is 1. The first kappa shape index (κ1) is 24.4. The van der Waals surface area contributed by atoms with Gasteiger partial charge in [0.25, 0.3) is 0 Å². The first-order valence-corrected chi connectivity index (χ1v) is 11.2. The Kier molecular flexibility index (Phi) is 8.86. The molecule has 168 valence electrons. The molecule has 0 aliphatic carbocycles. The van der Waals surface area contributed by atoms with Gasteiger partial charge in [-0.05, 0) is 42.7 Å². The first-order valence-electron chi connectivity index (χ1n) is 11.2. The van der Waals surface area contributed by atoms with Crippen LogP contribution in [0.2, 0.25) is 0 Å². The van der Waals surface area contributed by atoms with Crippen molar-refractivity contribution in [1.82, 2.24) is 5.32 Å². The molecule has 3 atom stereocenters. The second-order valence-electron chi connectivity index (χ2n) is 9.48. The molecule has 0 saturated carbocycles. The van der Waals surface area contributed by atoms with Gasteiger partial charge in [0.1, 0.15) is 0 Å². The van der Waals surface area contributed by atoms with Crippen LogP contribution in [-0.2, 0) is 16.0 Å². The zero-order chi connectivity index (χ0) is 22.3. The number of nitrogens with zero attached hydrogens (tertiary/aromatic N) is 1. The number of carbonyl (C=O) groups is 2. The van der Waals surface area contributed by atoms with E-state index in [9.17, 15) is 14.7 Å². The van der Waals surface area contributed by atoms with Crippen molar-refractivity contribution in [3.63, 3.8) is 0 Å². The SMILES string of the molecule is CCCCNC(=O)[C@H](C)C[C@H](O)[C@@H](N)CC(C)(C)CC(=O)N1CCc2ccccc21. The average Bonchev–Trinajstić information content (AvgIpc) is 3.11. The van der Waals surface area contributed by atoms with Crippen LogP contribution < -0.4 is 16.0 Å². The van der Waals surface area contributed by atoms with Crippen molar-refractivity contribution in [2.24, 2.45) is 17.1 Å². The Bertz CT molecular complexity index is 719. The predicted octanol–water partition coefficient (Wildman–Crippen LogP) is 3.01. The maximum absolute atomic E-state index is 12.9. The topological polar surface area (TPSA) is 95.7 Å². The van der Waals surface area contributed by atoms with Gasteiger partial charge in [-0.25, -0.2) is 0 Å². The summed E-state index contributed by atoms with van der Waals surface area (Å²) >= 11 is 0. The molecule has 4 N–H and O–H groups in total. The lowest BCUT2D eigenvalue weighted by Crippen LogP contribution is -2.42. The van der Waals surface area contributed by atoms with E-state index in [-0.39, 0.29) is 23.1 Å². The van der Waals surface area contributed by atoms with E-state index in [2.05, 4.69) is 18.3 Å². The first-order chi connectivity index (χ1) is 14.1. The molecule has 0 radical (unpaired) electrons. The van der Waals surface area contributed by atoms with E-state index in [0.717, 1.165) is 24.9 Å². The fraction of sp³-hybridized carbons (Fsp3) is 0.667. The minimum atomic E-state index is -0.779. The van der Waals surface area contributed by atoms with E-state index in [0.29, 0.717) is 32.4 Å². The summed E-state index contributed by atoms with van der Waals surface area (Å²) in [6.07, 6.45) is 3.29. The third kappa shape index (κ3) is 6.81. The van der Waals surface area contributed by atoms with Gasteiger partial charge in [0, 0.05) is 37.2 Å². The van der Waals surface area contributed by atoms with Crippen molar-refractivity contribution < 1.29 is 14.7 Å². The minimum Gasteiger partial charge on any atom is -0.391 e. The average molecular weight is 418 g/mol. The van der Waals surface area contributed by atoms with Gasteiger partial charge in [0.2, 0.25) is 11.8 Å². The van der Waals surface area contributed by atoms with Crippen LogP contribution >= 0.6 is 0 Å². The Morgan fingerprint density at radius 2 is 2.00 bits per heavy atom. The highest BCUT2D eigenvalue weighted by Crippen LogP contribution is 2.33. The highest BCUT2D eigenvalue weighted by atomic mass is 16.3. The van der Waals surface area contributed by atoms with Crippen molar-refractivity contribution in [3.05, 3.63) is 29.8 Å². The highest BCUT2D eigenvalue weighted by molar-refractivity contribution is 5.95. The Balaban J connectivity index is 1.85. The molecule has 6 heteroatoms. The number of anilines is 1. The summed E-state index contributed by atoms with van der Waals surface area (Å²) in [6, 6.07) is 7.54. The van der Waals surface area contributed by atoms with Crippen LogP contribution in [0.3, 0.4) is 0 Å². The van der Waals surface area contributed by atoms with Crippen LogP contribution in [0.15, 0.2) is 24.3 Å². The summed E-state index contributed by atoms with van der Waals surface area (Å²) in [4.78, 5) is 26.9. The van der Waals surface area contributed by atoms with E-state index in [4.69, 9.17) is 5.73 Å². The molecule has 2 amide bonds. The number of aliphatic hydroxyl groups is 1. The molecular formula is C24H39N3O3. The lowest BCUT2D eigenvalue weighted by molar-refractivity contribution is -0.125. The van der Waals surface area contributed by atoms with Crippen molar-refractivity contribution in [2.45, 2.75) is 78.4 Å². The van der Waals surface area contributed by atoms with Crippen molar-refractivity contribution >= 4 is 17.5 Å². The summed E-state index contributed by atoms with van der Waals surface area (Å²) in [5, 5.41) is 13.4. The molecule has 0 saturated heterocycles. The standard InChI is InChI=1S/C24H39N3O3/c1-5-6-12-26-23(30)17(2)14-21(28)19(25)15-24(3,4)16-22(29)27-13-11-18-9-7-8-10-20(18)27/h7-10,17,19,21,28H,5-6,11-16,25H2,1-4H3,(H,26,30)/t17-,19+,21+/m1/s1. The maximum Gasteiger partial charge on any atom is 0.227 e. The summed E-state index contributed by atoms with van der Waals surface area (Å²) in [6.45, 7) is 9.30. The number of amides is 2. The highest BCUT2D eigenvalue weighted by Gasteiger charge is 2.32. The van der Waals surface area contributed by atoms with Gasteiger partial charge in [0.05, 0.1) is 6.10 Å². The molecule has 1 aromatic rings. The number of nitrogens with two attached hydrogens (primary N) is 1. The maximum atomic E-state index is 12.9. The summed E-state index contributed by atoms with van der Waals surface area (Å²) in [5.41, 5.74) is 8.14. The number of nitrogens with one attached hydrogen (secondary N) is 1. The molecule has 1 aromatic carbocycles. The monoisotopic (exact) mass is 417 g/mol. The Morgan fingerprint density at radius 3 is 2.70 bits per heavy atom. The molecule has 30 heavy (non-hydrogen) atoms. The number of para-hydroxylation sites is 1. The van der Waals surface area contributed by atoms with E-state index >= 15 is 0 Å². The van der Waals surface area contributed by atoms with Crippen LogP contribution in [0.4, 0.5) is 5.69 Å². The number of aliphatic hydroxyl groups excluding tert-OH is 1. The largest absolute Gasteiger partial charge is 0.391 e. The van der Waals surface area contributed by atoms with Crippen molar-refractivity contribution in [2.75, 3.05) is 18.0 Å². The molecule has 1 heterocycles. The molecule has 0 aromatic heterocycles. The minimum absolute atomic E-state index is 0.0446. The summed E-state index contributed by atoms with van der Waals surface area (Å²) in [7, 11) is 0. The van der Waals surface area contributed by atoms with Gasteiger partial charge < -0.3 is 21.1 Å². The Hall–Kier alpha value is -1.92. The van der Waals surface area contributed by atoms with Gasteiger partial charge in [-0.2, -0.15) is 0 Å². The molecule has 0 spiro atoms. The Morgan fingerprint density at radius 1 is 1.30 bits per heavy atom. The van der Waals surface area contributed by atoms with Crippen molar-refractivity contribution in [3.8, 4) is 0 Å². The smallest absolute Gasteiger partial charge is 0.227 e. The van der Waals surface area contributed by atoms with Crippen LogP contribution in [0.1, 0.15) is 65.4 Å². The normalized spacial score (nSPS) is 16.7. The number of unbranched alkanes of at least 4 members (excludes halogenated alkanes) is 1. The number of rotatable bonds is 11. The molecule has 0 fully saturated rings. The quantitative estimate of drug-likeness (QED) is 0.482. The second-order valence-corrected chi connectivity index (χ2v) is 9.48. The molecule has 6 nitrogen and oxygen atoms in total. The van der Waals surface area contributed by atoms with E-state index in [1.165, 1.54) is 5.56 Å². The van der Waals surface area contributed by atoms with Crippen LogP contribution in [0.5, 0.6) is 0 Å². The van der Waals surface area contributed by atoms with E-state index < -0.39 is 12.1 Å². The third-order valence-electron chi connectivity index (χ3n) is 5.97. The number of hydrogen-bond donors (Lipinski definition) is 3. The third-order valence-corrected chi connectivity index (χ3v) is 5.97. The summed E-state index contributed by atoms with van der Waals surface area (Å²) < 4.78 is 0. The molecule has 0 bridgehead atoms. The number of fused-ring (bicyclic) bond motifs is 1. The van der Waals surface area contributed by atoms with Gasteiger partial charge in [-0.3, -0.25) is 9.59 Å². The lowest BCUT2D eigenvalue weighted by Gasteiger charge is -2.32. The molecule has 2 rings (SSSR count). The zero-order valence-electron chi connectivity index (χ0n) is 19.0. The molecule has 0 unspecified atom stereocenters. The van der Waals surface area contributed by atoms with Gasteiger partial charge >= 0.3 is 0 Å². The molecular weight excluding hydrogens is 378 g/mol. The van der Waals surface area contributed by atoms with Gasteiger partial charge in [0.15, 0.2) is 0 Å². The van der Waals surface area contributed by atoms with E-state index in [1.807, 2.05) is 43.9 Å². The Labute approximate surface area is 181 Å². The van der Waals surface area contributed by atoms with Gasteiger partial charge in [-0.1, -0.05) is 52.3 Å². The second kappa shape index (κ2) is 10.9. The van der Waals surface area contributed by atoms with E-state index in [1.54, 1.807) is 0 Å². The summed E-state index contributed by atoms with van der Waals surface area (Å²) in [5.74, 6) is -0.249. The molecule has 1 aliphatic rings. The van der Waals surface area contributed by atoms with Gasteiger partial charge in [-0.15, -0.1) is 0 Å². The zero-order valence-corrected chi connectivity index (χ0v) is 19.0. The predicted molar refractivity (Wildman–Crippen MR) is 121 cm³/mol. The lowest BCUT2D eigenvalue weighted by atomic mass is 9.80. The van der Waals surface area contributed by atoms with Crippen LogP contribution in [-0.4, -0.2) is 42.2 Å². The fourth-order valence-electron chi connectivity index (χ4n) is 4.16. The molecule has 1 aliphatic heterocycles. The number of carbonyl (C=O) groups excluding carboxylic acids is 2. The van der Waals surface area contributed by atoms with Crippen LogP contribution in [0.25, 0.3) is 0 Å². The van der Waals surface area contributed by atoms with Crippen molar-refractivity contribution in [1.29, 1.82) is 0 Å². The van der Waals surface area contributed by atoms with Crippen LogP contribution in [0, 0.1) is 11.3 Å². The number of hydrogen-bond acceptors (Lipinski definition) is 4. The fourth-order valence-corrected chi connectivity index (χ4v) is 4.16.